The molecule has 0 saturated carbocycles. The van der Waals surface area contributed by atoms with Gasteiger partial charge in [-0.3, -0.25) is 9.98 Å². The molecular formula is C8H16N2. The van der Waals surface area contributed by atoms with Crippen molar-refractivity contribution < 1.29 is 0 Å². The van der Waals surface area contributed by atoms with E-state index in [1.807, 2.05) is 20.1 Å². The Morgan fingerprint density at radius 2 is 2.10 bits per heavy atom. The molecule has 1 rings (SSSR count). The molecular weight excluding hydrogens is 124 g/mol. The zero-order valence-electron chi connectivity index (χ0n) is 7.09. The predicted octanol–water partition coefficient (Wildman–Crippen LogP) is 1.95. The van der Waals surface area contributed by atoms with Crippen LogP contribution >= 0.6 is 0 Å². The van der Waals surface area contributed by atoms with Gasteiger partial charge in [0.05, 0.1) is 18.8 Å². The quantitative estimate of drug-likeness (QED) is 0.532. The fourth-order valence-corrected chi connectivity index (χ4v) is 0.665. The standard InChI is InChI=1S/C6H10N2.C2H6/c1-2-6-5-7-3-4-8-6;1-2/h5H,2-4H2,1H3;1-2H3. The Balaban J connectivity index is 0.000000371. The molecule has 0 atom stereocenters. The van der Waals surface area contributed by atoms with Gasteiger partial charge in [0.25, 0.3) is 0 Å². The van der Waals surface area contributed by atoms with Crippen LogP contribution in [0.25, 0.3) is 0 Å². The third-order valence-electron chi connectivity index (χ3n) is 1.15. The van der Waals surface area contributed by atoms with Crippen LogP contribution in [-0.4, -0.2) is 25.0 Å². The lowest BCUT2D eigenvalue weighted by atomic mass is 10.3. The van der Waals surface area contributed by atoms with Gasteiger partial charge in [0.1, 0.15) is 0 Å². The summed E-state index contributed by atoms with van der Waals surface area (Å²) in [6.07, 6.45) is 2.88. The van der Waals surface area contributed by atoms with Crippen LogP contribution in [-0.2, 0) is 0 Å². The molecule has 1 aliphatic heterocycles. The summed E-state index contributed by atoms with van der Waals surface area (Å²) in [7, 11) is 0. The second-order valence-electron chi connectivity index (χ2n) is 1.76. The van der Waals surface area contributed by atoms with E-state index in [9.17, 15) is 0 Å². The topological polar surface area (TPSA) is 24.7 Å². The van der Waals surface area contributed by atoms with Gasteiger partial charge in [-0.15, -0.1) is 0 Å². The molecule has 1 heterocycles. The predicted molar refractivity (Wildman–Crippen MR) is 47.3 cm³/mol. The number of aliphatic imine (C=N–C) groups is 2. The van der Waals surface area contributed by atoms with Crippen molar-refractivity contribution in [1.29, 1.82) is 0 Å². The Bertz CT molecular complexity index is 125. The lowest BCUT2D eigenvalue weighted by Crippen LogP contribution is -2.06. The minimum absolute atomic E-state index is 0.878. The average Bonchev–Trinajstić information content (AvgIpc) is 2.10. The van der Waals surface area contributed by atoms with E-state index in [4.69, 9.17) is 0 Å². The smallest absolute Gasteiger partial charge is 0.0589 e. The molecule has 58 valence electrons. The van der Waals surface area contributed by atoms with Crippen molar-refractivity contribution in [3.63, 3.8) is 0 Å². The minimum Gasteiger partial charge on any atom is -0.289 e. The molecule has 0 unspecified atom stereocenters. The van der Waals surface area contributed by atoms with Crippen LogP contribution in [0.1, 0.15) is 27.2 Å². The molecule has 0 fully saturated rings. The Labute approximate surface area is 63.1 Å². The van der Waals surface area contributed by atoms with Gasteiger partial charge in [-0.1, -0.05) is 20.8 Å². The highest BCUT2D eigenvalue weighted by Crippen LogP contribution is 1.88. The first kappa shape index (κ1) is 9.34. The first-order chi connectivity index (χ1) is 4.93. The summed E-state index contributed by atoms with van der Waals surface area (Å²) in [6, 6.07) is 0. The van der Waals surface area contributed by atoms with E-state index in [0.717, 1.165) is 25.2 Å². The van der Waals surface area contributed by atoms with Gasteiger partial charge in [0.2, 0.25) is 0 Å². The lowest BCUT2D eigenvalue weighted by molar-refractivity contribution is 0.961. The molecule has 1 aliphatic rings. The van der Waals surface area contributed by atoms with Crippen LogP contribution in [0.2, 0.25) is 0 Å². The van der Waals surface area contributed by atoms with Crippen LogP contribution < -0.4 is 0 Å². The molecule has 2 heteroatoms. The molecule has 0 aliphatic carbocycles. The summed E-state index contributed by atoms with van der Waals surface area (Å²) < 4.78 is 0. The van der Waals surface area contributed by atoms with Crippen molar-refractivity contribution in [2.75, 3.05) is 13.1 Å². The van der Waals surface area contributed by atoms with Crippen molar-refractivity contribution in [3.05, 3.63) is 0 Å². The molecule has 0 bridgehead atoms. The maximum absolute atomic E-state index is 4.22. The molecule has 0 radical (unpaired) electrons. The molecule has 2 nitrogen and oxygen atoms in total. The van der Waals surface area contributed by atoms with Gasteiger partial charge in [0, 0.05) is 6.21 Å². The van der Waals surface area contributed by atoms with Crippen LogP contribution in [0, 0.1) is 0 Å². The van der Waals surface area contributed by atoms with E-state index in [0.29, 0.717) is 0 Å². The Morgan fingerprint density at radius 1 is 1.40 bits per heavy atom. The first-order valence-corrected chi connectivity index (χ1v) is 3.96. The summed E-state index contributed by atoms with van der Waals surface area (Å²) in [4.78, 5) is 8.29. The summed E-state index contributed by atoms with van der Waals surface area (Å²) in [5.41, 5.74) is 1.14. The van der Waals surface area contributed by atoms with Gasteiger partial charge in [0.15, 0.2) is 0 Å². The lowest BCUT2D eigenvalue weighted by Gasteiger charge is -2.00. The number of hydrogen-bond acceptors (Lipinski definition) is 2. The molecule has 0 saturated heterocycles. The van der Waals surface area contributed by atoms with Crippen LogP contribution in [0.4, 0.5) is 0 Å². The number of hydrogen-bond donors (Lipinski definition) is 0. The fourth-order valence-electron chi connectivity index (χ4n) is 0.665. The molecule has 0 aromatic carbocycles. The summed E-state index contributed by atoms with van der Waals surface area (Å²) in [5, 5.41) is 0. The molecule has 0 aromatic heterocycles. The van der Waals surface area contributed by atoms with Gasteiger partial charge in [-0.25, -0.2) is 0 Å². The first-order valence-electron chi connectivity index (χ1n) is 3.96. The Morgan fingerprint density at radius 3 is 2.40 bits per heavy atom. The molecule has 0 spiro atoms. The maximum Gasteiger partial charge on any atom is 0.0589 e. The minimum atomic E-state index is 0.878. The second kappa shape index (κ2) is 6.46. The van der Waals surface area contributed by atoms with E-state index in [-0.39, 0.29) is 0 Å². The molecule has 0 N–H and O–H groups in total. The van der Waals surface area contributed by atoms with Crippen molar-refractivity contribution in [2.24, 2.45) is 9.98 Å². The SMILES string of the molecule is CC.CCC1=NCCN=C1. The second-order valence-corrected chi connectivity index (χ2v) is 1.76. The third kappa shape index (κ3) is 3.38. The monoisotopic (exact) mass is 140 g/mol. The largest absolute Gasteiger partial charge is 0.289 e. The van der Waals surface area contributed by atoms with E-state index in [2.05, 4.69) is 16.9 Å². The van der Waals surface area contributed by atoms with E-state index in [1.165, 1.54) is 0 Å². The highest BCUT2D eigenvalue weighted by molar-refractivity contribution is 6.30. The van der Waals surface area contributed by atoms with Gasteiger partial charge < -0.3 is 0 Å². The van der Waals surface area contributed by atoms with E-state index in [1.54, 1.807) is 0 Å². The number of nitrogens with zero attached hydrogens (tertiary/aromatic N) is 2. The Hall–Kier alpha value is -0.660. The third-order valence-corrected chi connectivity index (χ3v) is 1.15. The summed E-state index contributed by atoms with van der Waals surface area (Å²) >= 11 is 0. The van der Waals surface area contributed by atoms with Gasteiger partial charge in [-0.2, -0.15) is 0 Å². The fraction of sp³-hybridized carbons (Fsp3) is 0.750. The molecule has 0 aromatic rings. The normalized spacial score (nSPS) is 15.3. The zero-order chi connectivity index (χ0) is 7.82. The van der Waals surface area contributed by atoms with E-state index >= 15 is 0 Å². The van der Waals surface area contributed by atoms with Crippen molar-refractivity contribution in [2.45, 2.75) is 27.2 Å². The highest BCUT2D eigenvalue weighted by atomic mass is 14.9. The van der Waals surface area contributed by atoms with Gasteiger partial charge >= 0.3 is 0 Å². The van der Waals surface area contributed by atoms with Gasteiger partial charge in [-0.05, 0) is 6.42 Å². The van der Waals surface area contributed by atoms with Crippen molar-refractivity contribution in [1.82, 2.24) is 0 Å². The Kier molecular flexibility index (Phi) is 6.03. The number of rotatable bonds is 1. The average molecular weight is 140 g/mol. The van der Waals surface area contributed by atoms with Crippen LogP contribution in [0.3, 0.4) is 0 Å². The van der Waals surface area contributed by atoms with Crippen molar-refractivity contribution in [3.8, 4) is 0 Å². The molecule has 0 amide bonds. The van der Waals surface area contributed by atoms with Crippen molar-refractivity contribution >= 4 is 11.9 Å². The van der Waals surface area contributed by atoms with Crippen LogP contribution in [0.5, 0.6) is 0 Å². The maximum atomic E-state index is 4.22. The van der Waals surface area contributed by atoms with E-state index < -0.39 is 0 Å². The summed E-state index contributed by atoms with van der Waals surface area (Å²) in [5.74, 6) is 0. The summed E-state index contributed by atoms with van der Waals surface area (Å²) in [6.45, 7) is 7.86. The van der Waals surface area contributed by atoms with Crippen LogP contribution in [0.15, 0.2) is 9.98 Å². The molecule has 10 heavy (non-hydrogen) atoms. The zero-order valence-corrected chi connectivity index (χ0v) is 7.09. The highest BCUT2D eigenvalue weighted by Gasteiger charge is 1.93.